The molecule has 0 atom stereocenters. The molecule has 0 bridgehead atoms. The maximum Gasteiger partial charge on any atom is 0.222 e. The molecule has 0 aromatic carbocycles. The molecule has 1 heterocycles. The van der Waals surface area contributed by atoms with Crippen LogP contribution in [0.15, 0.2) is 0 Å². The summed E-state index contributed by atoms with van der Waals surface area (Å²) in [5.74, 6) is 0.274. The van der Waals surface area contributed by atoms with E-state index in [0.29, 0.717) is 19.6 Å². The molecule has 1 fully saturated rings. The van der Waals surface area contributed by atoms with Gasteiger partial charge in [0.25, 0.3) is 0 Å². The van der Waals surface area contributed by atoms with E-state index in [2.05, 4.69) is 0 Å². The number of morpholine rings is 1. The van der Waals surface area contributed by atoms with Gasteiger partial charge in [-0.25, -0.2) is 0 Å². The van der Waals surface area contributed by atoms with Crippen molar-refractivity contribution in [2.75, 3.05) is 26.3 Å². The molecule has 0 unspecified atom stereocenters. The molecule has 1 aliphatic heterocycles. The number of rotatable bonds is 2. The summed E-state index contributed by atoms with van der Waals surface area (Å²) < 4.78 is 5.13. The lowest BCUT2D eigenvalue weighted by atomic mass is 10.3. The Labute approximate surface area is 67.3 Å². The van der Waals surface area contributed by atoms with Crippen LogP contribution >= 0.6 is 0 Å². The Bertz CT molecular complexity index is 130. The number of nitrogens with zero attached hydrogens (tertiary/aromatic N) is 1. The van der Waals surface area contributed by atoms with E-state index in [1.165, 1.54) is 0 Å². The van der Waals surface area contributed by atoms with Crippen LogP contribution in [-0.4, -0.2) is 37.1 Å². The molecule has 1 amide bonds. The second kappa shape index (κ2) is 4.34. The van der Waals surface area contributed by atoms with Crippen molar-refractivity contribution in [1.29, 1.82) is 0 Å². The molecular formula is C8H15NO2. The summed E-state index contributed by atoms with van der Waals surface area (Å²) in [6.07, 6.45) is 1.62. The lowest BCUT2D eigenvalue weighted by molar-refractivity contribution is -0.135. The van der Waals surface area contributed by atoms with E-state index in [1.807, 2.05) is 11.8 Å². The van der Waals surface area contributed by atoms with Crippen LogP contribution in [0.1, 0.15) is 19.8 Å². The highest BCUT2D eigenvalue weighted by molar-refractivity contribution is 5.76. The molecule has 3 nitrogen and oxygen atoms in total. The van der Waals surface area contributed by atoms with Gasteiger partial charge in [-0.1, -0.05) is 6.92 Å². The molecule has 0 radical (unpaired) electrons. The van der Waals surface area contributed by atoms with Crippen molar-refractivity contribution < 1.29 is 9.53 Å². The fraction of sp³-hybridized carbons (Fsp3) is 0.875. The van der Waals surface area contributed by atoms with Crippen LogP contribution in [0.3, 0.4) is 0 Å². The highest BCUT2D eigenvalue weighted by Crippen LogP contribution is 2.01. The minimum absolute atomic E-state index is 0.274. The van der Waals surface area contributed by atoms with Crippen LogP contribution in [0.2, 0.25) is 0 Å². The van der Waals surface area contributed by atoms with Gasteiger partial charge in [0, 0.05) is 19.5 Å². The molecule has 0 saturated carbocycles. The average molecular weight is 157 g/mol. The molecule has 0 aromatic rings. The van der Waals surface area contributed by atoms with Gasteiger partial charge in [-0.3, -0.25) is 4.79 Å². The summed E-state index contributed by atoms with van der Waals surface area (Å²) >= 11 is 0. The predicted octanol–water partition coefficient (Wildman–Crippen LogP) is 0.645. The van der Waals surface area contributed by atoms with E-state index in [-0.39, 0.29) is 5.91 Å². The summed E-state index contributed by atoms with van der Waals surface area (Å²) in [4.78, 5) is 13.2. The monoisotopic (exact) mass is 157 g/mol. The van der Waals surface area contributed by atoms with E-state index in [9.17, 15) is 4.79 Å². The summed E-state index contributed by atoms with van der Waals surface area (Å²) in [6.45, 7) is 4.99. The zero-order valence-corrected chi connectivity index (χ0v) is 7.01. The molecular weight excluding hydrogens is 142 g/mol. The highest BCUT2D eigenvalue weighted by Gasteiger charge is 2.14. The second-order valence-electron chi connectivity index (χ2n) is 2.74. The molecule has 0 N–H and O–H groups in total. The van der Waals surface area contributed by atoms with Gasteiger partial charge in [0.05, 0.1) is 13.2 Å². The third-order valence-electron chi connectivity index (χ3n) is 1.83. The molecule has 0 aromatic heterocycles. The van der Waals surface area contributed by atoms with Gasteiger partial charge >= 0.3 is 0 Å². The summed E-state index contributed by atoms with van der Waals surface area (Å²) in [5.41, 5.74) is 0. The van der Waals surface area contributed by atoms with Crippen LogP contribution < -0.4 is 0 Å². The van der Waals surface area contributed by atoms with Crippen LogP contribution in [0.5, 0.6) is 0 Å². The number of carbonyl (C=O) groups is 1. The van der Waals surface area contributed by atoms with Gasteiger partial charge in [0.15, 0.2) is 0 Å². The van der Waals surface area contributed by atoms with Crippen molar-refractivity contribution >= 4 is 5.91 Å². The van der Waals surface area contributed by atoms with Gasteiger partial charge in [0.1, 0.15) is 0 Å². The van der Waals surface area contributed by atoms with Gasteiger partial charge in [0.2, 0.25) is 5.91 Å². The Morgan fingerprint density at radius 2 is 2.09 bits per heavy atom. The Morgan fingerprint density at radius 1 is 1.45 bits per heavy atom. The fourth-order valence-corrected chi connectivity index (χ4v) is 1.18. The topological polar surface area (TPSA) is 29.5 Å². The van der Waals surface area contributed by atoms with Crippen molar-refractivity contribution in [3.05, 3.63) is 0 Å². The second-order valence-corrected chi connectivity index (χ2v) is 2.74. The van der Waals surface area contributed by atoms with E-state index < -0.39 is 0 Å². The Balaban J connectivity index is 2.27. The normalized spacial score (nSPS) is 18.5. The first kappa shape index (κ1) is 8.53. The van der Waals surface area contributed by atoms with Crippen molar-refractivity contribution in [3.8, 4) is 0 Å². The van der Waals surface area contributed by atoms with E-state index >= 15 is 0 Å². The van der Waals surface area contributed by atoms with Gasteiger partial charge in [-0.15, -0.1) is 0 Å². The number of hydrogen-bond acceptors (Lipinski definition) is 2. The maximum absolute atomic E-state index is 11.3. The molecule has 0 aliphatic carbocycles. The molecule has 0 spiro atoms. The van der Waals surface area contributed by atoms with Crippen molar-refractivity contribution in [2.24, 2.45) is 0 Å². The molecule has 1 rings (SSSR count). The summed E-state index contributed by atoms with van der Waals surface area (Å²) in [5, 5.41) is 0. The number of ether oxygens (including phenoxy) is 1. The lowest BCUT2D eigenvalue weighted by Gasteiger charge is -2.26. The summed E-state index contributed by atoms with van der Waals surface area (Å²) in [6, 6.07) is 0. The number of carbonyl (C=O) groups excluding carboxylic acids is 1. The van der Waals surface area contributed by atoms with Crippen LogP contribution in [-0.2, 0) is 9.53 Å². The Hall–Kier alpha value is -0.570. The molecule has 1 saturated heterocycles. The highest BCUT2D eigenvalue weighted by atomic mass is 16.5. The van der Waals surface area contributed by atoms with Crippen molar-refractivity contribution in [1.82, 2.24) is 4.90 Å². The zero-order valence-electron chi connectivity index (χ0n) is 7.01. The maximum atomic E-state index is 11.3. The van der Waals surface area contributed by atoms with Crippen molar-refractivity contribution in [2.45, 2.75) is 19.8 Å². The largest absolute Gasteiger partial charge is 0.378 e. The first-order chi connectivity index (χ1) is 5.34. The quantitative estimate of drug-likeness (QED) is 0.589. The molecule has 64 valence electrons. The van der Waals surface area contributed by atoms with Gasteiger partial charge in [-0.2, -0.15) is 0 Å². The summed E-state index contributed by atoms with van der Waals surface area (Å²) in [7, 11) is 0. The van der Waals surface area contributed by atoms with Crippen LogP contribution in [0.25, 0.3) is 0 Å². The molecule has 11 heavy (non-hydrogen) atoms. The SMILES string of the molecule is CCCC(=O)N1CCOCC1. The predicted molar refractivity (Wildman–Crippen MR) is 42.3 cm³/mol. The average Bonchev–Trinajstić information content (AvgIpc) is 2.07. The smallest absolute Gasteiger partial charge is 0.222 e. The first-order valence-electron chi connectivity index (χ1n) is 4.20. The zero-order chi connectivity index (χ0) is 8.10. The molecule has 3 heteroatoms. The Kier molecular flexibility index (Phi) is 3.36. The first-order valence-corrected chi connectivity index (χ1v) is 4.20. The number of hydrogen-bond donors (Lipinski definition) is 0. The van der Waals surface area contributed by atoms with E-state index in [4.69, 9.17) is 4.74 Å². The number of amides is 1. The van der Waals surface area contributed by atoms with Crippen molar-refractivity contribution in [3.63, 3.8) is 0 Å². The molecule has 1 aliphatic rings. The van der Waals surface area contributed by atoms with E-state index in [1.54, 1.807) is 0 Å². The third-order valence-corrected chi connectivity index (χ3v) is 1.83. The lowest BCUT2D eigenvalue weighted by Crippen LogP contribution is -2.40. The minimum atomic E-state index is 0.274. The van der Waals surface area contributed by atoms with E-state index in [0.717, 1.165) is 19.5 Å². The Morgan fingerprint density at radius 3 is 2.64 bits per heavy atom. The fourth-order valence-electron chi connectivity index (χ4n) is 1.18. The van der Waals surface area contributed by atoms with Crippen LogP contribution in [0, 0.1) is 0 Å². The van der Waals surface area contributed by atoms with Gasteiger partial charge in [-0.05, 0) is 6.42 Å². The van der Waals surface area contributed by atoms with Crippen LogP contribution in [0.4, 0.5) is 0 Å². The van der Waals surface area contributed by atoms with Gasteiger partial charge < -0.3 is 9.64 Å². The third kappa shape index (κ3) is 2.50. The minimum Gasteiger partial charge on any atom is -0.378 e. The standard InChI is InChI=1S/C8H15NO2/c1-2-3-8(10)9-4-6-11-7-5-9/h2-7H2,1H3.